The zero-order chi connectivity index (χ0) is 20.0. The first-order valence-electron chi connectivity index (χ1n) is 12.9. The van der Waals surface area contributed by atoms with Gasteiger partial charge in [-0.25, -0.2) is 0 Å². The van der Waals surface area contributed by atoms with Crippen molar-refractivity contribution in [3.8, 4) is 0 Å². The van der Waals surface area contributed by atoms with Crippen LogP contribution < -0.4 is 0 Å². The molecule has 160 valence electrons. The number of hydrogen-bond acceptors (Lipinski definition) is 1. The van der Waals surface area contributed by atoms with Crippen LogP contribution in [-0.4, -0.2) is 0 Å². The fourth-order valence-corrected chi connectivity index (χ4v) is 10.4. The monoisotopic (exact) mass is 394 g/mol. The minimum Gasteiger partial charge on any atom is -0.465 e. The van der Waals surface area contributed by atoms with Gasteiger partial charge in [-0.1, -0.05) is 0 Å². The molecular weight excluding hydrogens is 352 g/mol. The highest BCUT2D eigenvalue weighted by atomic mass is 16.5. The highest BCUT2D eigenvalue weighted by Gasteiger charge is 2.57. The van der Waals surface area contributed by atoms with E-state index < -0.39 is 0 Å². The molecule has 0 aliphatic heterocycles. The maximum absolute atomic E-state index is 7.30. The van der Waals surface area contributed by atoms with E-state index in [1.807, 2.05) is 0 Å². The Kier molecular flexibility index (Phi) is 4.19. The molecule has 8 saturated carbocycles. The molecule has 0 atom stereocenters. The largest absolute Gasteiger partial charge is 0.465 e. The number of hydrogen-bond donors (Lipinski definition) is 0. The van der Waals surface area contributed by atoms with Gasteiger partial charge in [-0.05, 0) is 151 Å². The predicted molar refractivity (Wildman–Crippen MR) is 119 cm³/mol. The van der Waals surface area contributed by atoms with E-state index in [0.717, 1.165) is 35.5 Å². The Morgan fingerprint density at radius 3 is 0.931 bits per heavy atom. The van der Waals surface area contributed by atoms with Gasteiger partial charge >= 0.3 is 0 Å². The molecule has 0 unspecified atom stereocenters. The lowest BCUT2D eigenvalue weighted by Gasteiger charge is -2.59. The van der Waals surface area contributed by atoms with E-state index in [0.29, 0.717) is 10.8 Å². The van der Waals surface area contributed by atoms with Gasteiger partial charge in [0.25, 0.3) is 0 Å². The average Bonchev–Trinajstić information content (AvgIpc) is 2.58. The fraction of sp³-hybridized carbons (Fsp3) is 0.857. The average molecular weight is 395 g/mol. The Hall–Kier alpha value is -0.720. The molecule has 0 aromatic carbocycles. The number of ether oxygens (including phenoxy) is 1. The first-order valence-corrected chi connectivity index (χ1v) is 12.9. The summed E-state index contributed by atoms with van der Waals surface area (Å²) in [5.74, 6) is 8.75. The maximum atomic E-state index is 7.30. The van der Waals surface area contributed by atoms with Crippen molar-refractivity contribution in [1.82, 2.24) is 0 Å². The van der Waals surface area contributed by atoms with E-state index in [2.05, 4.69) is 27.7 Å². The molecule has 29 heavy (non-hydrogen) atoms. The third-order valence-electron chi connectivity index (χ3n) is 10.2. The summed E-state index contributed by atoms with van der Waals surface area (Å²) >= 11 is 0. The minimum absolute atomic E-state index is 0.372. The van der Waals surface area contributed by atoms with Gasteiger partial charge in [-0.15, -0.1) is 0 Å². The molecule has 0 spiro atoms. The highest BCUT2D eigenvalue weighted by molar-refractivity contribution is 5.27. The summed E-state index contributed by atoms with van der Waals surface area (Å²) in [5.41, 5.74) is 3.68. The molecule has 8 aliphatic carbocycles. The molecular formula is C28H42O. The van der Waals surface area contributed by atoms with Gasteiger partial charge in [0.1, 0.15) is 11.5 Å². The van der Waals surface area contributed by atoms with Crippen LogP contribution >= 0.6 is 0 Å². The maximum Gasteiger partial charge on any atom is 0.108 e. The van der Waals surface area contributed by atoms with Crippen molar-refractivity contribution in [2.45, 2.75) is 105 Å². The standard InChI is InChI=1S/C28H42O/c1-17(2)25(27-11-19-5-20(12-27)7-21(6-19)13-27)29-26(18(3)4)28-14-22-8-23(15-28)10-24(9-22)16-28/h19-24H,5-16H2,1-4H3. The SMILES string of the molecule is CC(C)=C(OC(=C(C)C)C12CC3CC(CC(C3)C1)C2)C12CC3CC(CC(C3)C1)C2. The van der Waals surface area contributed by atoms with Gasteiger partial charge < -0.3 is 4.74 Å². The molecule has 0 saturated heterocycles. The summed E-state index contributed by atoms with van der Waals surface area (Å²) in [6.07, 6.45) is 17.6. The lowest BCUT2D eigenvalue weighted by atomic mass is 9.48. The molecule has 1 heteroatoms. The Morgan fingerprint density at radius 2 is 0.724 bits per heavy atom. The molecule has 8 fully saturated rings. The molecule has 0 heterocycles. The molecule has 8 rings (SSSR count). The first kappa shape index (κ1) is 19.0. The topological polar surface area (TPSA) is 9.23 Å². The van der Waals surface area contributed by atoms with Crippen LogP contribution in [0.2, 0.25) is 0 Å². The Morgan fingerprint density at radius 1 is 0.483 bits per heavy atom. The zero-order valence-corrected chi connectivity index (χ0v) is 19.4. The first-order chi connectivity index (χ1) is 13.8. The molecule has 8 aliphatic rings. The Bertz CT molecular complexity index is 623. The van der Waals surface area contributed by atoms with E-state index in [9.17, 15) is 0 Å². The van der Waals surface area contributed by atoms with Crippen LogP contribution in [0.15, 0.2) is 22.7 Å². The van der Waals surface area contributed by atoms with Crippen molar-refractivity contribution in [2.75, 3.05) is 0 Å². The third-order valence-corrected chi connectivity index (χ3v) is 10.2. The van der Waals surface area contributed by atoms with Gasteiger partial charge in [0.15, 0.2) is 0 Å². The third kappa shape index (κ3) is 2.92. The molecule has 1 nitrogen and oxygen atoms in total. The summed E-state index contributed by atoms with van der Waals surface area (Å²) in [5, 5.41) is 0. The summed E-state index contributed by atoms with van der Waals surface area (Å²) in [4.78, 5) is 0. The normalized spacial score (nSPS) is 48.7. The molecule has 0 aromatic rings. The summed E-state index contributed by atoms with van der Waals surface area (Å²) in [7, 11) is 0. The van der Waals surface area contributed by atoms with Crippen molar-refractivity contribution >= 4 is 0 Å². The zero-order valence-electron chi connectivity index (χ0n) is 19.4. The van der Waals surface area contributed by atoms with E-state index in [1.54, 1.807) is 0 Å². The van der Waals surface area contributed by atoms with Crippen molar-refractivity contribution in [3.05, 3.63) is 22.7 Å². The van der Waals surface area contributed by atoms with Crippen LogP contribution in [0.3, 0.4) is 0 Å². The molecule has 0 aromatic heterocycles. The van der Waals surface area contributed by atoms with Crippen molar-refractivity contribution in [2.24, 2.45) is 46.3 Å². The van der Waals surface area contributed by atoms with Crippen LogP contribution in [-0.2, 0) is 4.74 Å². The molecule has 0 N–H and O–H groups in total. The highest BCUT2D eigenvalue weighted by Crippen LogP contribution is 2.66. The second kappa shape index (κ2) is 6.39. The predicted octanol–water partition coefficient (Wildman–Crippen LogP) is 8.02. The van der Waals surface area contributed by atoms with Gasteiger partial charge in [0.2, 0.25) is 0 Å². The van der Waals surface area contributed by atoms with Gasteiger partial charge in [-0.3, -0.25) is 0 Å². The molecule has 0 radical (unpaired) electrons. The van der Waals surface area contributed by atoms with Crippen molar-refractivity contribution in [3.63, 3.8) is 0 Å². The summed E-state index contributed by atoms with van der Waals surface area (Å²) in [6, 6.07) is 0. The second-order valence-corrected chi connectivity index (χ2v) is 13.2. The van der Waals surface area contributed by atoms with E-state index in [1.165, 1.54) is 99.7 Å². The van der Waals surface area contributed by atoms with E-state index >= 15 is 0 Å². The van der Waals surface area contributed by atoms with Crippen LogP contribution in [0.25, 0.3) is 0 Å². The van der Waals surface area contributed by atoms with Crippen molar-refractivity contribution in [1.29, 1.82) is 0 Å². The van der Waals surface area contributed by atoms with Crippen LogP contribution in [0.1, 0.15) is 105 Å². The fourth-order valence-electron chi connectivity index (χ4n) is 10.4. The summed E-state index contributed by atoms with van der Waals surface area (Å²) in [6.45, 7) is 9.37. The van der Waals surface area contributed by atoms with Crippen LogP contribution in [0.5, 0.6) is 0 Å². The summed E-state index contributed by atoms with van der Waals surface area (Å²) < 4.78 is 7.30. The molecule has 0 amide bonds. The smallest absolute Gasteiger partial charge is 0.108 e. The Balaban J connectivity index is 1.35. The number of allylic oxidation sites excluding steroid dienone is 4. The van der Waals surface area contributed by atoms with Gasteiger partial charge in [0, 0.05) is 10.8 Å². The quantitative estimate of drug-likeness (QED) is 0.439. The number of rotatable bonds is 4. The Labute approximate surface area is 178 Å². The lowest BCUT2D eigenvalue weighted by molar-refractivity contribution is -0.0814. The lowest BCUT2D eigenvalue weighted by Crippen LogP contribution is -2.49. The van der Waals surface area contributed by atoms with Gasteiger partial charge in [-0.2, -0.15) is 0 Å². The van der Waals surface area contributed by atoms with Crippen LogP contribution in [0.4, 0.5) is 0 Å². The van der Waals surface area contributed by atoms with Gasteiger partial charge in [0.05, 0.1) is 0 Å². The van der Waals surface area contributed by atoms with Crippen molar-refractivity contribution < 1.29 is 4.74 Å². The van der Waals surface area contributed by atoms with Crippen LogP contribution in [0, 0.1) is 46.3 Å². The van der Waals surface area contributed by atoms with E-state index in [-0.39, 0.29) is 0 Å². The second-order valence-electron chi connectivity index (χ2n) is 13.2. The molecule has 8 bridgehead atoms. The van der Waals surface area contributed by atoms with E-state index in [4.69, 9.17) is 4.74 Å². The minimum atomic E-state index is 0.372.